The molecule has 1 aliphatic rings. The lowest BCUT2D eigenvalue weighted by molar-refractivity contribution is -0.0511. The maximum absolute atomic E-state index is 10.5. The van der Waals surface area contributed by atoms with Crippen LogP contribution in [0.5, 0.6) is 0 Å². The summed E-state index contributed by atoms with van der Waals surface area (Å²) in [6, 6.07) is 5.63. The molecule has 4 aromatic rings. The zero-order valence-electron chi connectivity index (χ0n) is 17.9. The third-order valence-corrected chi connectivity index (χ3v) is 5.49. The summed E-state index contributed by atoms with van der Waals surface area (Å²) in [4.78, 5) is 18.0. The first-order chi connectivity index (χ1) is 16.1. The minimum absolute atomic E-state index is 0.289. The number of nitrogens with zero attached hydrogens (tertiary/aromatic N) is 7. The molecule has 0 unspecified atom stereocenters. The number of rotatable bonds is 7. The number of imidazole rings is 1. The summed E-state index contributed by atoms with van der Waals surface area (Å²) >= 11 is 0. The van der Waals surface area contributed by atoms with Crippen molar-refractivity contribution in [1.82, 2.24) is 34.3 Å². The van der Waals surface area contributed by atoms with E-state index in [2.05, 4.69) is 30.4 Å². The molecule has 1 aliphatic heterocycles. The number of aromatic nitrogens is 7. The molecule has 1 saturated heterocycles. The summed E-state index contributed by atoms with van der Waals surface area (Å²) in [5, 5.41) is 37.8. The first kappa shape index (κ1) is 21.4. The molecule has 4 N–H and O–H groups in total. The van der Waals surface area contributed by atoms with Crippen molar-refractivity contribution in [3.8, 4) is 17.2 Å². The van der Waals surface area contributed by atoms with Gasteiger partial charge >= 0.3 is 0 Å². The molecule has 0 aromatic carbocycles. The van der Waals surface area contributed by atoms with Crippen molar-refractivity contribution in [2.45, 2.75) is 37.9 Å². The molecule has 0 aliphatic carbocycles. The summed E-state index contributed by atoms with van der Waals surface area (Å²) in [6.45, 7) is 2.29. The zero-order chi connectivity index (χ0) is 22.9. The highest BCUT2D eigenvalue weighted by atomic mass is 16.6. The van der Waals surface area contributed by atoms with Crippen LogP contribution in [0.25, 0.3) is 28.4 Å². The van der Waals surface area contributed by atoms with E-state index in [0.717, 1.165) is 17.7 Å². The number of ether oxygens (including phenoxy) is 1. The van der Waals surface area contributed by atoms with Gasteiger partial charge in [-0.2, -0.15) is 15.1 Å². The van der Waals surface area contributed by atoms with Crippen LogP contribution in [0.3, 0.4) is 0 Å². The fraction of sp³-hybridized carbons (Fsp3) is 0.381. The summed E-state index contributed by atoms with van der Waals surface area (Å²) in [5.41, 5.74) is 2.45. The maximum Gasteiger partial charge on any atom is 0.254 e. The average Bonchev–Trinajstić information content (AvgIpc) is 3.56. The van der Waals surface area contributed by atoms with Crippen molar-refractivity contribution in [3.05, 3.63) is 43.1 Å². The van der Waals surface area contributed by atoms with Crippen molar-refractivity contribution in [3.63, 3.8) is 0 Å². The molecule has 0 bridgehead atoms. The van der Waals surface area contributed by atoms with E-state index in [9.17, 15) is 15.3 Å². The van der Waals surface area contributed by atoms with Gasteiger partial charge < -0.3 is 25.4 Å². The lowest BCUT2D eigenvalue weighted by Crippen LogP contribution is -2.33. The molecule has 0 spiro atoms. The Morgan fingerprint density at radius 2 is 2.03 bits per heavy atom. The largest absolute Gasteiger partial charge is 0.394 e. The molecule has 4 aromatic heterocycles. The molecule has 1 fully saturated rings. The Balaban J connectivity index is 1.59. The van der Waals surface area contributed by atoms with Gasteiger partial charge in [0.1, 0.15) is 18.3 Å². The van der Waals surface area contributed by atoms with Gasteiger partial charge in [0.05, 0.1) is 24.8 Å². The number of pyridine rings is 1. The summed E-state index contributed by atoms with van der Waals surface area (Å²) in [6.07, 6.45) is 3.15. The maximum atomic E-state index is 10.5. The molecular formula is C21H24N8O4. The summed E-state index contributed by atoms with van der Waals surface area (Å²) < 4.78 is 8.75. The van der Waals surface area contributed by atoms with Gasteiger partial charge in [0.25, 0.3) is 5.95 Å². The molecule has 0 radical (unpaired) electrons. The quantitative estimate of drug-likeness (QED) is 0.311. The van der Waals surface area contributed by atoms with Gasteiger partial charge in [0.2, 0.25) is 0 Å². The van der Waals surface area contributed by atoms with Crippen molar-refractivity contribution in [1.29, 1.82) is 0 Å². The number of aliphatic hydroxyl groups excluding tert-OH is 3. The molecule has 4 atom stereocenters. The van der Waals surface area contributed by atoms with Crippen LogP contribution in [0.1, 0.15) is 19.6 Å². The summed E-state index contributed by atoms with van der Waals surface area (Å²) in [5.74, 6) is 0.800. The molecule has 0 saturated carbocycles. The zero-order valence-corrected chi connectivity index (χ0v) is 17.9. The highest BCUT2D eigenvalue weighted by molar-refractivity contribution is 5.83. The standard InChI is InChI=1S/C21H24N8O4/c1-2-6-23-18-15-19(28(11-24-15)20-17(32)16(31)14(10-30)33-20)27-21(26-18)29-9-12(8-25-29)13-5-3-4-7-22-13/h3-5,7-9,11,14,16-17,20,30-32H,2,6,10H2,1H3,(H,23,26,27)/t14-,16-,17-,20-/m1/s1. The van der Waals surface area contributed by atoms with E-state index in [1.807, 2.05) is 25.1 Å². The van der Waals surface area contributed by atoms with Crippen LogP contribution in [0.15, 0.2) is 43.1 Å². The molecule has 0 amide bonds. The number of anilines is 1. The topological polar surface area (TPSA) is 156 Å². The van der Waals surface area contributed by atoms with Gasteiger partial charge in [-0.3, -0.25) is 9.55 Å². The van der Waals surface area contributed by atoms with Gasteiger partial charge in [0.15, 0.2) is 23.2 Å². The fourth-order valence-electron chi connectivity index (χ4n) is 3.77. The van der Waals surface area contributed by atoms with Crippen LogP contribution in [0.2, 0.25) is 0 Å². The van der Waals surface area contributed by atoms with E-state index >= 15 is 0 Å². The highest BCUT2D eigenvalue weighted by Gasteiger charge is 2.44. The van der Waals surface area contributed by atoms with E-state index < -0.39 is 31.1 Å². The van der Waals surface area contributed by atoms with E-state index in [4.69, 9.17) is 4.74 Å². The third kappa shape index (κ3) is 3.82. The van der Waals surface area contributed by atoms with Gasteiger partial charge in [-0.05, 0) is 18.6 Å². The van der Waals surface area contributed by atoms with Crippen LogP contribution in [-0.2, 0) is 4.74 Å². The molecule has 5 heterocycles. The number of aliphatic hydroxyl groups is 3. The summed E-state index contributed by atoms with van der Waals surface area (Å²) in [7, 11) is 0. The van der Waals surface area contributed by atoms with Crippen LogP contribution >= 0.6 is 0 Å². The van der Waals surface area contributed by atoms with Crippen LogP contribution in [-0.4, -0.2) is 81.1 Å². The number of hydrogen-bond acceptors (Lipinski definition) is 10. The SMILES string of the molecule is CCCNc1nc(-n2cc(-c3ccccn3)cn2)nc2c1ncn2[C@@H]1O[C@H](CO)[C@@H](O)[C@H]1O. The number of fused-ring (bicyclic) bond motifs is 1. The van der Waals surface area contributed by atoms with E-state index in [-0.39, 0.29) is 5.95 Å². The Morgan fingerprint density at radius 3 is 2.76 bits per heavy atom. The first-order valence-corrected chi connectivity index (χ1v) is 10.7. The molecule has 172 valence electrons. The number of nitrogens with one attached hydrogen (secondary N) is 1. The van der Waals surface area contributed by atoms with Crippen molar-refractivity contribution >= 4 is 17.0 Å². The monoisotopic (exact) mass is 452 g/mol. The van der Waals surface area contributed by atoms with Crippen LogP contribution in [0, 0.1) is 0 Å². The Bertz CT molecular complexity index is 1240. The van der Waals surface area contributed by atoms with Crippen LogP contribution in [0.4, 0.5) is 5.82 Å². The smallest absolute Gasteiger partial charge is 0.254 e. The molecule has 5 rings (SSSR count). The number of hydrogen-bond donors (Lipinski definition) is 4. The van der Waals surface area contributed by atoms with E-state index in [1.54, 1.807) is 18.6 Å². The van der Waals surface area contributed by atoms with Crippen molar-refractivity contribution in [2.24, 2.45) is 0 Å². The Kier molecular flexibility index (Phi) is 5.72. The second kappa shape index (κ2) is 8.83. The van der Waals surface area contributed by atoms with E-state index in [1.165, 1.54) is 15.6 Å². The normalized spacial score (nSPS) is 22.8. The van der Waals surface area contributed by atoms with Crippen molar-refractivity contribution < 1.29 is 20.1 Å². The van der Waals surface area contributed by atoms with Gasteiger partial charge in [-0.15, -0.1) is 0 Å². The van der Waals surface area contributed by atoms with Crippen molar-refractivity contribution in [2.75, 3.05) is 18.5 Å². The predicted octanol–water partition coefficient (Wildman–Crippen LogP) is 0.507. The molecule has 12 nitrogen and oxygen atoms in total. The Hall–Kier alpha value is -3.45. The minimum Gasteiger partial charge on any atom is -0.394 e. The lowest BCUT2D eigenvalue weighted by Gasteiger charge is -2.17. The van der Waals surface area contributed by atoms with Gasteiger partial charge in [-0.25, -0.2) is 9.67 Å². The molecule has 33 heavy (non-hydrogen) atoms. The third-order valence-electron chi connectivity index (χ3n) is 5.49. The Labute approximate surface area is 188 Å². The lowest BCUT2D eigenvalue weighted by atomic mass is 10.1. The van der Waals surface area contributed by atoms with Gasteiger partial charge in [0, 0.05) is 24.5 Å². The molecular weight excluding hydrogens is 428 g/mol. The fourth-order valence-corrected chi connectivity index (χ4v) is 3.77. The highest BCUT2D eigenvalue weighted by Crippen LogP contribution is 2.32. The molecule has 12 heteroatoms. The average molecular weight is 452 g/mol. The van der Waals surface area contributed by atoms with Gasteiger partial charge in [-0.1, -0.05) is 13.0 Å². The minimum atomic E-state index is -1.26. The second-order valence-electron chi connectivity index (χ2n) is 7.74. The van der Waals surface area contributed by atoms with Crippen LogP contribution < -0.4 is 5.32 Å². The van der Waals surface area contributed by atoms with E-state index in [0.29, 0.717) is 23.5 Å². The first-order valence-electron chi connectivity index (χ1n) is 10.7. The second-order valence-corrected chi connectivity index (χ2v) is 7.74. The predicted molar refractivity (Wildman–Crippen MR) is 117 cm³/mol. The Morgan fingerprint density at radius 1 is 1.15 bits per heavy atom.